The second kappa shape index (κ2) is 8.73. The van der Waals surface area contributed by atoms with Crippen molar-refractivity contribution in [2.45, 2.75) is 19.1 Å². The Morgan fingerprint density at radius 1 is 1.14 bits per heavy atom. The number of anilines is 1. The molecule has 2 rings (SSSR count). The van der Waals surface area contributed by atoms with Gasteiger partial charge in [-0.2, -0.15) is 18.3 Å². The lowest BCUT2D eigenvalue weighted by molar-refractivity contribution is -0.274. The average molecular weight is 473 g/mol. The minimum Gasteiger partial charge on any atom is -0.406 e. The van der Waals surface area contributed by atoms with Crippen LogP contribution in [0.4, 0.5) is 32.2 Å². The van der Waals surface area contributed by atoms with E-state index in [1.54, 1.807) is 0 Å². The first-order chi connectivity index (χ1) is 13.0. The van der Waals surface area contributed by atoms with Crippen LogP contribution in [0.25, 0.3) is 11.3 Å². The molecule has 0 aliphatic heterocycles. The molecule has 1 aromatic heterocycles. The van der Waals surface area contributed by atoms with Crippen LogP contribution < -0.4 is 10.2 Å². The van der Waals surface area contributed by atoms with Crippen LogP contribution in [0.3, 0.4) is 0 Å². The fourth-order valence-corrected chi connectivity index (χ4v) is 2.03. The van der Waals surface area contributed by atoms with Crippen molar-refractivity contribution in [3.8, 4) is 17.0 Å². The summed E-state index contributed by atoms with van der Waals surface area (Å²) < 4.78 is 81.4. The molecule has 1 aromatic carbocycles. The van der Waals surface area contributed by atoms with Gasteiger partial charge >= 0.3 is 12.5 Å². The van der Waals surface area contributed by atoms with Crippen LogP contribution >= 0.6 is 15.9 Å². The number of nitrogens with zero attached hydrogens (tertiary/aromatic N) is 3. The molecule has 0 aliphatic carbocycles. The fraction of sp³-hybridized carbons (Fsp3) is 0.267. The zero-order valence-electron chi connectivity index (χ0n) is 13.9. The monoisotopic (exact) mass is 472 g/mol. The fourth-order valence-electron chi connectivity index (χ4n) is 1.94. The summed E-state index contributed by atoms with van der Waals surface area (Å²) in [7, 11) is 1.37. The molecule has 0 saturated carbocycles. The Labute approximate surface area is 162 Å². The number of ether oxygens (including phenoxy) is 2. The number of methoxy groups -OCH3 is 1. The molecule has 2 aromatic rings. The SMILES string of the molecule is COCc1nc(NN=C(Br)C(F)(F)F)cnc1-c1ccc(OC(F)(F)F)cc1. The van der Waals surface area contributed by atoms with Gasteiger partial charge in [-0.3, -0.25) is 10.4 Å². The standard InChI is InChI=1S/C15H11BrF6N4O2/c1-27-7-10-12(8-2-4-9(5-3-8)28-15(20,21)22)23-6-11(24-10)25-26-13(16)14(17,18)19/h2-6H,7H2,1H3,(H,24,25). The molecule has 0 saturated heterocycles. The van der Waals surface area contributed by atoms with Gasteiger partial charge in [0.15, 0.2) is 5.82 Å². The molecule has 0 spiro atoms. The van der Waals surface area contributed by atoms with Crippen LogP contribution in [0.2, 0.25) is 0 Å². The van der Waals surface area contributed by atoms with Crippen LogP contribution in [0.15, 0.2) is 35.6 Å². The second-order valence-electron chi connectivity index (χ2n) is 5.07. The Morgan fingerprint density at radius 3 is 2.32 bits per heavy atom. The van der Waals surface area contributed by atoms with Crippen molar-refractivity contribution < 1.29 is 35.8 Å². The topological polar surface area (TPSA) is 68.6 Å². The molecule has 0 bridgehead atoms. The van der Waals surface area contributed by atoms with Gasteiger partial charge in [0.05, 0.1) is 24.2 Å². The smallest absolute Gasteiger partial charge is 0.406 e. The van der Waals surface area contributed by atoms with Gasteiger partial charge in [-0.15, -0.1) is 13.2 Å². The van der Waals surface area contributed by atoms with E-state index in [1.165, 1.54) is 19.2 Å². The Balaban J connectivity index is 2.27. The molecule has 1 heterocycles. The van der Waals surface area contributed by atoms with Crippen molar-refractivity contribution in [3.63, 3.8) is 0 Å². The summed E-state index contributed by atoms with van der Waals surface area (Å²) in [6, 6.07) is 4.85. The molecular weight excluding hydrogens is 462 g/mol. The number of halogens is 7. The molecule has 0 aliphatic rings. The van der Waals surface area contributed by atoms with E-state index in [9.17, 15) is 26.3 Å². The van der Waals surface area contributed by atoms with E-state index in [1.807, 2.05) is 0 Å². The van der Waals surface area contributed by atoms with Crippen molar-refractivity contribution in [2.24, 2.45) is 5.10 Å². The van der Waals surface area contributed by atoms with E-state index < -0.39 is 22.9 Å². The molecule has 28 heavy (non-hydrogen) atoms. The van der Waals surface area contributed by atoms with Crippen LogP contribution in [0, 0.1) is 0 Å². The van der Waals surface area contributed by atoms with Crippen LogP contribution in [0.5, 0.6) is 5.75 Å². The number of rotatable bonds is 6. The summed E-state index contributed by atoms with van der Waals surface area (Å²) in [4.78, 5) is 8.15. The number of hydrazone groups is 1. The zero-order chi connectivity index (χ0) is 20.9. The highest BCUT2D eigenvalue weighted by Crippen LogP contribution is 2.28. The Kier molecular flexibility index (Phi) is 6.82. The van der Waals surface area contributed by atoms with Gasteiger partial charge in [0.2, 0.25) is 4.62 Å². The number of hydrogen-bond acceptors (Lipinski definition) is 6. The van der Waals surface area contributed by atoms with Crippen LogP contribution in [0.1, 0.15) is 5.69 Å². The van der Waals surface area contributed by atoms with E-state index in [2.05, 4.69) is 41.2 Å². The first-order valence-electron chi connectivity index (χ1n) is 7.27. The molecule has 0 atom stereocenters. The largest absolute Gasteiger partial charge is 0.573 e. The molecule has 0 radical (unpaired) electrons. The molecule has 0 unspecified atom stereocenters. The quantitative estimate of drug-likeness (QED) is 0.369. The van der Waals surface area contributed by atoms with Crippen molar-refractivity contribution in [1.29, 1.82) is 0 Å². The highest BCUT2D eigenvalue weighted by molar-refractivity contribution is 9.18. The Hall–Kier alpha value is -2.41. The van der Waals surface area contributed by atoms with Crippen molar-refractivity contribution in [3.05, 3.63) is 36.2 Å². The third kappa shape index (κ3) is 6.34. The number of alkyl halides is 6. The predicted octanol–water partition coefficient (Wildman–Crippen LogP) is 4.87. The summed E-state index contributed by atoms with van der Waals surface area (Å²) >= 11 is 2.28. The summed E-state index contributed by atoms with van der Waals surface area (Å²) in [6.07, 6.45) is -8.37. The first kappa shape index (κ1) is 21.9. The molecule has 6 nitrogen and oxygen atoms in total. The summed E-state index contributed by atoms with van der Waals surface area (Å²) in [5, 5.41) is 3.11. The third-order valence-electron chi connectivity index (χ3n) is 2.99. The van der Waals surface area contributed by atoms with Gasteiger partial charge < -0.3 is 9.47 Å². The molecule has 1 N–H and O–H groups in total. The maximum absolute atomic E-state index is 12.4. The van der Waals surface area contributed by atoms with Crippen LogP contribution in [-0.2, 0) is 11.3 Å². The first-order valence-corrected chi connectivity index (χ1v) is 8.06. The van der Waals surface area contributed by atoms with Gasteiger partial charge in [0.25, 0.3) is 0 Å². The van der Waals surface area contributed by atoms with E-state index in [0.717, 1.165) is 18.3 Å². The highest BCUT2D eigenvalue weighted by Gasteiger charge is 2.34. The molecule has 152 valence electrons. The molecule has 0 fully saturated rings. The summed E-state index contributed by atoms with van der Waals surface area (Å²) in [6.45, 7) is -0.0528. The highest BCUT2D eigenvalue weighted by atomic mass is 79.9. The molecule has 0 amide bonds. The van der Waals surface area contributed by atoms with E-state index in [4.69, 9.17) is 4.74 Å². The maximum Gasteiger partial charge on any atom is 0.573 e. The number of aromatic nitrogens is 2. The predicted molar refractivity (Wildman–Crippen MR) is 90.9 cm³/mol. The van der Waals surface area contributed by atoms with Crippen molar-refractivity contribution in [1.82, 2.24) is 9.97 Å². The lowest BCUT2D eigenvalue weighted by atomic mass is 10.1. The van der Waals surface area contributed by atoms with E-state index in [0.29, 0.717) is 5.56 Å². The normalized spacial score (nSPS) is 12.8. The van der Waals surface area contributed by atoms with E-state index >= 15 is 0 Å². The van der Waals surface area contributed by atoms with Gasteiger partial charge in [0.1, 0.15) is 5.75 Å². The maximum atomic E-state index is 12.4. The van der Waals surface area contributed by atoms with Gasteiger partial charge in [-0.1, -0.05) is 0 Å². The van der Waals surface area contributed by atoms with Gasteiger partial charge in [-0.05, 0) is 40.2 Å². The Bertz CT molecular complexity index is 840. The lowest BCUT2D eigenvalue weighted by Gasteiger charge is -2.12. The molecular formula is C15H11BrF6N4O2. The second-order valence-corrected chi connectivity index (χ2v) is 5.82. The zero-order valence-corrected chi connectivity index (χ0v) is 15.5. The number of benzene rings is 1. The van der Waals surface area contributed by atoms with Gasteiger partial charge in [-0.25, -0.2) is 4.98 Å². The molecule has 13 heteroatoms. The van der Waals surface area contributed by atoms with Crippen molar-refractivity contribution >= 4 is 26.4 Å². The Morgan fingerprint density at radius 2 is 1.79 bits per heavy atom. The number of hydrogen-bond donors (Lipinski definition) is 1. The lowest BCUT2D eigenvalue weighted by Crippen LogP contribution is -2.18. The average Bonchev–Trinajstić information content (AvgIpc) is 2.59. The van der Waals surface area contributed by atoms with Crippen LogP contribution in [-0.4, -0.2) is 34.2 Å². The minimum absolute atomic E-state index is 0.0528. The van der Waals surface area contributed by atoms with Gasteiger partial charge in [0, 0.05) is 12.7 Å². The minimum atomic E-state index is -4.82. The summed E-state index contributed by atoms with van der Waals surface area (Å²) in [5.41, 5.74) is 3.01. The number of nitrogens with one attached hydrogen (secondary N) is 1. The third-order valence-corrected chi connectivity index (χ3v) is 3.62. The summed E-state index contributed by atoms with van der Waals surface area (Å²) in [5.74, 6) is -0.504. The van der Waals surface area contributed by atoms with Crippen molar-refractivity contribution in [2.75, 3.05) is 12.5 Å². The van der Waals surface area contributed by atoms with E-state index in [-0.39, 0.29) is 23.8 Å².